The van der Waals surface area contributed by atoms with Gasteiger partial charge in [0, 0.05) is 0 Å². The molecule has 16 heavy (non-hydrogen) atoms. The second-order valence-corrected chi connectivity index (χ2v) is 5.68. The fraction of sp³-hybridized carbons (Fsp3) is 1.00. The van der Waals surface area contributed by atoms with Crippen LogP contribution in [0.5, 0.6) is 0 Å². The highest BCUT2D eigenvalue weighted by Gasteiger charge is 2.22. The van der Waals surface area contributed by atoms with E-state index < -0.39 is 0 Å². The summed E-state index contributed by atoms with van der Waals surface area (Å²) in [4.78, 5) is 3.27. The van der Waals surface area contributed by atoms with E-state index in [0.717, 1.165) is 13.1 Å². The monoisotopic (exact) mass is 228 g/mol. The van der Waals surface area contributed by atoms with Crippen LogP contribution in [0.15, 0.2) is 0 Å². The molecular weight excluding hydrogens is 200 g/mol. The number of nitrogens with one attached hydrogen (secondary N) is 2. The van der Waals surface area contributed by atoms with E-state index in [4.69, 9.17) is 0 Å². The van der Waals surface area contributed by atoms with E-state index in [0.29, 0.717) is 0 Å². The van der Waals surface area contributed by atoms with Crippen LogP contribution in [0, 0.1) is 0 Å². The van der Waals surface area contributed by atoms with Gasteiger partial charge in [-0.05, 0) is 38.5 Å². The Balaban J connectivity index is 1.64. The maximum absolute atomic E-state index is 10.1. The summed E-state index contributed by atoms with van der Waals surface area (Å²) in [7, 11) is 0. The third-order valence-electron chi connectivity index (χ3n) is 4.17. The molecule has 3 N–H and O–H groups in total. The number of rotatable bonds is 4. The van der Waals surface area contributed by atoms with Crippen LogP contribution in [0.4, 0.5) is 0 Å². The molecule has 3 heteroatoms. The standard InChI is InChI=1S/C13H26N2O/c16-13(11-14-7-3-1-4-8-14)12-15-9-5-2-6-10-15/h13,16H,1-12H2/p+2. The number of aliphatic hydroxyl groups is 1. The van der Waals surface area contributed by atoms with Crippen LogP contribution in [-0.2, 0) is 0 Å². The topological polar surface area (TPSA) is 29.1 Å². The lowest BCUT2D eigenvalue weighted by atomic mass is 10.1. The van der Waals surface area contributed by atoms with E-state index in [1.54, 1.807) is 9.80 Å². The zero-order chi connectivity index (χ0) is 11.2. The van der Waals surface area contributed by atoms with E-state index in [2.05, 4.69) is 0 Å². The second-order valence-electron chi connectivity index (χ2n) is 5.68. The molecule has 0 bridgehead atoms. The Morgan fingerprint density at radius 3 is 1.44 bits per heavy atom. The average Bonchev–Trinajstić information content (AvgIpc) is 2.31. The SMILES string of the molecule is OC(C[NH+]1CCCCC1)C[NH+]1CCCCC1. The van der Waals surface area contributed by atoms with Gasteiger partial charge in [0.25, 0.3) is 0 Å². The molecule has 94 valence electrons. The molecule has 0 amide bonds. The molecule has 0 aromatic rings. The van der Waals surface area contributed by atoms with Gasteiger partial charge in [0.2, 0.25) is 0 Å². The van der Waals surface area contributed by atoms with Gasteiger partial charge < -0.3 is 14.9 Å². The molecule has 0 aromatic heterocycles. The Kier molecular flexibility index (Phi) is 5.07. The summed E-state index contributed by atoms with van der Waals surface area (Å²) in [6.07, 6.45) is 8.17. The van der Waals surface area contributed by atoms with Crippen molar-refractivity contribution in [3.05, 3.63) is 0 Å². The third kappa shape index (κ3) is 4.04. The second kappa shape index (κ2) is 6.58. The summed E-state index contributed by atoms with van der Waals surface area (Å²) < 4.78 is 0. The normalized spacial score (nSPS) is 25.1. The number of likely N-dealkylation sites (tertiary alicyclic amines) is 2. The van der Waals surface area contributed by atoms with E-state index in [1.165, 1.54) is 64.7 Å². The van der Waals surface area contributed by atoms with Crippen LogP contribution >= 0.6 is 0 Å². The van der Waals surface area contributed by atoms with Gasteiger partial charge in [-0.15, -0.1) is 0 Å². The predicted molar refractivity (Wildman–Crippen MR) is 64.8 cm³/mol. The Morgan fingerprint density at radius 1 is 0.688 bits per heavy atom. The van der Waals surface area contributed by atoms with E-state index in [9.17, 15) is 5.11 Å². The number of quaternary nitrogens is 2. The molecule has 2 aliphatic rings. The maximum atomic E-state index is 10.1. The molecule has 2 rings (SSSR count). The van der Waals surface area contributed by atoms with Gasteiger partial charge in [0.05, 0.1) is 26.2 Å². The number of piperidine rings is 2. The zero-order valence-electron chi connectivity index (χ0n) is 10.5. The summed E-state index contributed by atoms with van der Waals surface area (Å²) in [6.45, 7) is 7.12. The van der Waals surface area contributed by atoms with Crippen molar-refractivity contribution in [2.75, 3.05) is 39.3 Å². The molecule has 0 saturated carbocycles. The predicted octanol–water partition coefficient (Wildman–Crippen LogP) is -1.52. The fourth-order valence-electron chi connectivity index (χ4n) is 3.25. The zero-order valence-corrected chi connectivity index (χ0v) is 10.5. The molecule has 2 heterocycles. The smallest absolute Gasteiger partial charge is 0.152 e. The van der Waals surface area contributed by atoms with E-state index >= 15 is 0 Å². The molecule has 0 atom stereocenters. The van der Waals surface area contributed by atoms with Crippen molar-refractivity contribution in [1.82, 2.24) is 0 Å². The summed E-state index contributed by atoms with van der Waals surface area (Å²) >= 11 is 0. The number of hydrogen-bond donors (Lipinski definition) is 3. The fourth-order valence-corrected chi connectivity index (χ4v) is 3.25. The van der Waals surface area contributed by atoms with Gasteiger partial charge in [-0.3, -0.25) is 0 Å². The molecule has 2 aliphatic heterocycles. The average molecular weight is 228 g/mol. The Morgan fingerprint density at radius 2 is 1.06 bits per heavy atom. The minimum atomic E-state index is -0.0683. The lowest BCUT2D eigenvalue weighted by molar-refractivity contribution is -0.929. The van der Waals surface area contributed by atoms with Crippen molar-refractivity contribution in [3.63, 3.8) is 0 Å². The first-order chi connectivity index (χ1) is 7.84. The highest BCUT2D eigenvalue weighted by Crippen LogP contribution is 1.96. The van der Waals surface area contributed by atoms with Crippen molar-refractivity contribution in [2.24, 2.45) is 0 Å². The molecule has 2 fully saturated rings. The van der Waals surface area contributed by atoms with Gasteiger partial charge >= 0.3 is 0 Å². The minimum absolute atomic E-state index is 0.0683. The molecule has 0 aliphatic carbocycles. The maximum Gasteiger partial charge on any atom is 0.152 e. The quantitative estimate of drug-likeness (QED) is 0.536. The molecule has 0 spiro atoms. The lowest BCUT2D eigenvalue weighted by Gasteiger charge is -2.29. The van der Waals surface area contributed by atoms with Crippen molar-refractivity contribution in [1.29, 1.82) is 0 Å². The highest BCUT2D eigenvalue weighted by molar-refractivity contribution is 4.54. The van der Waals surface area contributed by atoms with Crippen LogP contribution in [0.3, 0.4) is 0 Å². The summed E-state index contributed by atoms with van der Waals surface area (Å²) in [5, 5.41) is 10.1. The van der Waals surface area contributed by atoms with Gasteiger partial charge in [-0.2, -0.15) is 0 Å². The first kappa shape index (κ1) is 12.3. The molecule has 0 radical (unpaired) electrons. The summed E-state index contributed by atoms with van der Waals surface area (Å²) in [6, 6.07) is 0. The molecule has 0 aromatic carbocycles. The first-order valence-electron chi connectivity index (χ1n) is 7.20. The van der Waals surface area contributed by atoms with Gasteiger partial charge in [-0.25, -0.2) is 0 Å². The van der Waals surface area contributed by atoms with E-state index in [1.807, 2.05) is 0 Å². The molecular formula is C13H28N2O+2. The summed E-state index contributed by atoms with van der Waals surface area (Å²) in [5.74, 6) is 0. The molecule has 3 nitrogen and oxygen atoms in total. The first-order valence-corrected chi connectivity index (χ1v) is 7.20. The largest absolute Gasteiger partial charge is 0.382 e. The highest BCUT2D eigenvalue weighted by atomic mass is 16.3. The van der Waals surface area contributed by atoms with Gasteiger partial charge in [0.1, 0.15) is 13.1 Å². The number of hydrogen-bond acceptors (Lipinski definition) is 1. The van der Waals surface area contributed by atoms with Crippen molar-refractivity contribution >= 4 is 0 Å². The van der Waals surface area contributed by atoms with Crippen LogP contribution in [0.2, 0.25) is 0 Å². The molecule has 0 unspecified atom stereocenters. The minimum Gasteiger partial charge on any atom is -0.382 e. The van der Waals surface area contributed by atoms with Crippen molar-refractivity contribution in [3.8, 4) is 0 Å². The van der Waals surface area contributed by atoms with Gasteiger partial charge in [-0.1, -0.05) is 0 Å². The molecule has 2 saturated heterocycles. The van der Waals surface area contributed by atoms with Crippen molar-refractivity contribution < 1.29 is 14.9 Å². The van der Waals surface area contributed by atoms with Crippen LogP contribution < -0.4 is 9.80 Å². The summed E-state index contributed by atoms with van der Waals surface area (Å²) in [5.41, 5.74) is 0. The van der Waals surface area contributed by atoms with Gasteiger partial charge in [0.15, 0.2) is 6.10 Å². The van der Waals surface area contributed by atoms with Crippen LogP contribution in [0.1, 0.15) is 38.5 Å². The van der Waals surface area contributed by atoms with Crippen LogP contribution in [-0.4, -0.2) is 50.5 Å². The lowest BCUT2D eigenvalue weighted by Crippen LogP contribution is -3.17. The Labute approximate surface area is 99.4 Å². The van der Waals surface area contributed by atoms with Crippen LogP contribution in [0.25, 0.3) is 0 Å². The Bertz CT molecular complexity index is 166. The van der Waals surface area contributed by atoms with E-state index in [-0.39, 0.29) is 6.10 Å². The van der Waals surface area contributed by atoms with Crippen molar-refractivity contribution in [2.45, 2.75) is 44.6 Å². The Hall–Kier alpha value is -0.120. The third-order valence-corrected chi connectivity index (χ3v) is 4.17. The number of aliphatic hydroxyl groups excluding tert-OH is 1.